The lowest BCUT2D eigenvalue weighted by atomic mass is 9.92. The van der Waals surface area contributed by atoms with Crippen LogP contribution in [0.2, 0.25) is 15.1 Å². The molecule has 1 atom stereocenters. The molecule has 0 fully saturated rings. The Morgan fingerprint density at radius 1 is 1.14 bits per heavy atom. The molecule has 1 aromatic heterocycles. The molecule has 1 aliphatic heterocycles. The molecule has 0 aliphatic carbocycles. The lowest BCUT2D eigenvalue weighted by Crippen LogP contribution is -2.28. The summed E-state index contributed by atoms with van der Waals surface area (Å²) in [6.07, 6.45) is 2.32. The second kappa shape index (κ2) is 7.83. The van der Waals surface area contributed by atoms with Crippen LogP contribution in [0.5, 0.6) is 0 Å². The van der Waals surface area contributed by atoms with Gasteiger partial charge in [-0.15, -0.1) is 0 Å². The maximum Gasteiger partial charge on any atom is 0.211 e. The van der Waals surface area contributed by atoms with Crippen molar-refractivity contribution >= 4 is 57.5 Å². The molecule has 4 rings (SSSR count). The normalized spacial score (nSPS) is 14.8. The largest absolute Gasteiger partial charge is 0.310 e. The molecule has 0 amide bonds. The standard InChI is InChI=1S/C21H19Cl3N4/c1-2-13(8-9-25)15-5-6-16(23)19-20(15)28-11-3-10-27(21(28)26-19)18-7-4-14(22)12-17(18)24/h4-7,12-13H,2-3,8,10-11H2,1H3. The summed E-state index contributed by atoms with van der Waals surface area (Å²) in [4.78, 5) is 7.01. The molecule has 4 nitrogen and oxygen atoms in total. The molecular weight excluding hydrogens is 415 g/mol. The van der Waals surface area contributed by atoms with Gasteiger partial charge in [0, 0.05) is 24.5 Å². The predicted molar refractivity (Wildman–Crippen MR) is 116 cm³/mol. The molecule has 0 bridgehead atoms. The quantitative estimate of drug-likeness (QED) is 0.447. The van der Waals surface area contributed by atoms with Crippen LogP contribution in [0.3, 0.4) is 0 Å². The summed E-state index contributed by atoms with van der Waals surface area (Å²) in [6.45, 7) is 3.77. The number of anilines is 2. The molecule has 0 saturated carbocycles. The van der Waals surface area contributed by atoms with E-state index in [1.807, 2.05) is 24.3 Å². The van der Waals surface area contributed by atoms with Gasteiger partial charge in [-0.05, 0) is 48.6 Å². The minimum Gasteiger partial charge on any atom is -0.310 e. The van der Waals surface area contributed by atoms with Gasteiger partial charge >= 0.3 is 0 Å². The molecule has 0 spiro atoms. The van der Waals surface area contributed by atoms with Gasteiger partial charge in [0.2, 0.25) is 5.95 Å². The first kappa shape index (κ1) is 19.4. The average molecular weight is 434 g/mol. The Balaban J connectivity index is 1.93. The third kappa shape index (κ3) is 3.22. The molecule has 28 heavy (non-hydrogen) atoms. The van der Waals surface area contributed by atoms with E-state index in [4.69, 9.17) is 39.8 Å². The topological polar surface area (TPSA) is 44.9 Å². The Kier molecular flexibility index (Phi) is 5.42. The van der Waals surface area contributed by atoms with Crippen LogP contribution in [0, 0.1) is 11.3 Å². The van der Waals surface area contributed by atoms with Crippen molar-refractivity contribution in [1.82, 2.24) is 9.55 Å². The molecule has 3 aromatic rings. The van der Waals surface area contributed by atoms with Gasteiger partial charge in [-0.25, -0.2) is 4.98 Å². The van der Waals surface area contributed by atoms with E-state index >= 15 is 0 Å². The first-order valence-electron chi connectivity index (χ1n) is 9.33. The van der Waals surface area contributed by atoms with Gasteiger partial charge in [-0.2, -0.15) is 5.26 Å². The molecule has 144 valence electrons. The van der Waals surface area contributed by atoms with Crippen molar-refractivity contribution in [3.63, 3.8) is 0 Å². The maximum atomic E-state index is 9.26. The first-order valence-corrected chi connectivity index (χ1v) is 10.5. The lowest BCUT2D eigenvalue weighted by molar-refractivity contribution is 0.598. The van der Waals surface area contributed by atoms with Crippen molar-refractivity contribution < 1.29 is 0 Å². The van der Waals surface area contributed by atoms with Crippen LogP contribution in [-0.4, -0.2) is 16.1 Å². The van der Waals surface area contributed by atoms with Crippen molar-refractivity contribution in [1.29, 1.82) is 5.26 Å². The number of halogens is 3. The first-order chi connectivity index (χ1) is 13.5. The van der Waals surface area contributed by atoms with Crippen LogP contribution in [0.1, 0.15) is 37.7 Å². The van der Waals surface area contributed by atoms with Gasteiger partial charge in [0.05, 0.1) is 27.3 Å². The van der Waals surface area contributed by atoms with Gasteiger partial charge in [-0.1, -0.05) is 47.8 Å². The van der Waals surface area contributed by atoms with Gasteiger partial charge < -0.3 is 9.47 Å². The molecule has 2 aromatic carbocycles. The summed E-state index contributed by atoms with van der Waals surface area (Å²) < 4.78 is 2.21. The summed E-state index contributed by atoms with van der Waals surface area (Å²) in [5, 5.41) is 11.1. The second-order valence-electron chi connectivity index (χ2n) is 6.97. The monoisotopic (exact) mass is 432 g/mol. The summed E-state index contributed by atoms with van der Waals surface area (Å²) >= 11 is 19.1. The van der Waals surface area contributed by atoms with E-state index in [1.165, 1.54) is 0 Å². The van der Waals surface area contributed by atoms with E-state index in [-0.39, 0.29) is 5.92 Å². The minimum absolute atomic E-state index is 0.153. The molecular formula is C21H19Cl3N4. The predicted octanol–water partition coefficient (Wildman–Crippen LogP) is 6.95. The van der Waals surface area contributed by atoms with Crippen molar-refractivity contribution in [2.45, 2.75) is 38.6 Å². The third-order valence-corrected chi connectivity index (χ3v) is 6.17. The average Bonchev–Trinajstić information content (AvgIpc) is 3.08. The number of rotatable bonds is 4. The maximum absolute atomic E-state index is 9.26. The number of hydrogen-bond donors (Lipinski definition) is 0. The van der Waals surface area contributed by atoms with Crippen LogP contribution in [-0.2, 0) is 6.54 Å². The number of aromatic nitrogens is 2. The molecule has 0 saturated heterocycles. The number of aryl methyl sites for hydroxylation is 1. The van der Waals surface area contributed by atoms with Crippen LogP contribution >= 0.6 is 34.8 Å². The Morgan fingerprint density at radius 2 is 1.96 bits per heavy atom. The molecule has 2 heterocycles. The highest BCUT2D eigenvalue weighted by atomic mass is 35.5. The number of fused-ring (bicyclic) bond motifs is 3. The number of benzene rings is 2. The molecule has 0 radical (unpaired) electrons. The highest BCUT2D eigenvalue weighted by molar-refractivity contribution is 6.36. The zero-order valence-electron chi connectivity index (χ0n) is 15.4. The SMILES string of the molecule is CCC(CC#N)c1ccc(Cl)c2nc3n(c12)CCCN3c1ccc(Cl)cc1Cl. The van der Waals surface area contributed by atoms with Crippen LogP contribution in [0.25, 0.3) is 11.0 Å². The van der Waals surface area contributed by atoms with E-state index < -0.39 is 0 Å². The summed E-state index contributed by atoms with van der Waals surface area (Å²) in [5.41, 5.74) is 3.82. The second-order valence-corrected chi connectivity index (χ2v) is 8.22. The molecule has 7 heteroatoms. The third-order valence-electron chi connectivity index (χ3n) is 5.33. The highest BCUT2D eigenvalue weighted by Crippen LogP contribution is 2.41. The molecule has 1 aliphatic rings. The number of hydrogen-bond acceptors (Lipinski definition) is 3. The van der Waals surface area contributed by atoms with Gasteiger partial charge in [0.15, 0.2) is 0 Å². The van der Waals surface area contributed by atoms with E-state index in [0.29, 0.717) is 21.5 Å². The van der Waals surface area contributed by atoms with E-state index in [2.05, 4.69) is 22.5 Å². The van der Waals surface area contributed by atoms with Crippen molar-refractivity contribution in [3.05, 3.63) is 51.0 Å². The lowest BCUT2D eigenvalue weighted by Gasteiger charge is -2.30. The fourth-order valence-electron chi connectivity index (χ4n) is 3.97. The van der Waals surface area contributed by atoms with Gasteiger partial charge in [0.1, 0.15) is 5.52 Å². The number of imidazole rings is 1. The van der Waals surface area contributed by atoms with Crippen LogP contribution in [0.15, 0.2) is 30.3 Å². The molecule has 0 N–H and O–H groups in total. The van der Waals surface area contributed by atoms with Crippen molar-refractivity contribution in [2.24, 2.45) is 0 Å². The smallest absolute Gasteiger partial charge is 0.211 e. The van der Waals surface area contributed by atoms with Crippen LogP contribution < -0.4 is 4.90 Å². The van der Waals surface area contributed by atoms with Crippen LogP contribution in [0.4, 0.5) is 11.6 Å². The van der Waals surface area contributed by atoms with Crippen molar-refractivity contribution in [2.75, 3.05) is 11.4 Å². The summed E-state index contributed by atoms with van der Waals surface area (Å²) in [6, 6.07) is 11.7. The Morgan fingerprint density at radius 3 is 2.68 bits per heavy atom. The zero-order chi connectivity index (χ0) is 19.8. The van der Waals surface area contributed by atoms with E-state index in [1.54, 1.807) is 6.07 Å². The zero-order valence-corrected chi connectivity index (χ0v) is 17.7. The Bertz CT molecular complexity index is 1080. The molecule has 1 unspecified atom stereocenters. The van der Waals surface area contributed by atoms with E-state index in [0.717, 1.165) is 54.2 Å². The highest BCUT2D eigenvalue weighted by Gasteiger charge is 2.27. The Labute approximate surface area is 179 Å². The number of nitrogens with zero attached hydrogens (tertiary/aromatic N) is 4. The fourth-order valence-corrected chi connectivity index (χ4v) is 4.67. The van der Waals surface area contributed by atoms with Crippen molar-refractivity contribution in [3.8, 4) is 6.07 Å². The minimum atomic E-state index is 0.153. The number of nitriles is 1. The van der Waals surface area contributed by atoms with Gasteiger partial charge in [-0.3, -0.25) is 0 Å². The summed E-state index contributed by atoms with van der Waals surface area (Å²) in [5.74, 6) is 0.978. The Hall–Kier alpha value is -1.93. The van der Waals surface area contributed by atoms with E-state index in [9.17, 15) is 5.26 Å². The summed E-state index contributed by atoms with van der Waals surface area (Å²) in [7, 11) is 0. The fraction of sp³-hybridized carbons (Fsp3) is 0.333. The van der Waals surface area contributed by atoms with Gasteiger partial charge in [0.25, 0.3) is 0 Å².